The summed E-state index contributed by atoms with van der Waals surface area (Å²) < 4.78 is 10.7. The molecule has 3 aliphatic rings. The van der Waals surface area contributed by atoms with Crippen LogP contribution in [0.1, 0.15) is 31.2 Å². The molecule has 18 heavy (non-hydrogen) atoms. The molecule has 0 spiro atoms. The SMILES string of the molecule is OC1(c2ccc3c(c2)OCO3)C[C@H]2CC[C@@H](C1)N2. The highest BCUT2D eigenvalue weighted by Crippen LogP contribution is 2.43. The molecule has 2 saturated heterocycles. The Labute approximate surface area is 106 Å². The van der Waals surface area contributed by atoms with E-state index in [0.29, 0.717) is 12.1 Å². The second-order valence-electron chi connectivity index (χ2n) is 5.65. The molecule has 4 nitrogen and oxygen atoms in total. The van der Waals surface area contributed by atoms with Crippen molar-refractivity contribution < 1.29 is 14.6 Å². The molecule has 3 atom stereocenters. The molecule has 3 heterocycles. The van der Waals surface area contributed by atoms with Crippen LogP contribution in [-0.2, 0) is 5.60 Å². The highest BCUT2D eigenvalue weighted by Gasteiger charge is 2.43. The van der Waals surface area contributed by atoms with Crippen molar-refractivity contribution in [3.63, 3.8) is 0 Å². The van der Waals surface area contributed by atoms with Gasteiger partial charge in [-0.05, 0) is 43.4 Å². The third-order valence-corrected chi connectivity index (χ3v) is 4.41. The zero-order valence-corrected chi connectivity index (χ0v) is 10.2. The second kappa shape index (κ2) is 3.62. The topological polar surface area (TPSA) is 50.7 Å². The lowest BCUT2D eigenvalue weighted by Crippen LogP contribution is -2.46. The predicted octanol–water partition coefficient (Wildman–Crippen LogP) is 1.52. The Hall–Kier alpha value is -1.26. The fraction of sp³-hybridized carbons (Fsp3) is 0.571. The largest absolute Gasteiger partial charge is 0.454 e. The van der Waals surface area contributed by atoms with Gasteiger partial charge in [0.2, 0.25) is 6.79 Å². The van der Waals surface area contributed by atoms with Crippen LogP contribution in [-0.4, -0.2) is 24.0 Å². The van der Waals surface area contributed by atoms with Crippen molar-refractivity contribution in [2.75, 3.05) is 6.79 Å². The molecule has 3 aliphatic heterocycles. The Kier molecular flexibility index (Phi) is 2.14. The van der Waals surface area contributed by atoms with Gasteiger partial charge in [-0.15, -0.1) is 0 Å². The first-order chi connectivity index (χ1) is 8.73. The van der Waals surface area contributed by atoms with Crippen molar-refractivity contribution in [1.82, 2.24) is 5.32 Å². The number of benzene rings is 1. The summed E-state index contributed by atoms with van der Waals surface area (Å²) in [5, 5.41) is 14.5. The average Bonchev–Trinajstić information content (AvgIpc) is 2.95. The average molecular weight is 247 g/mol. The quantitative estimate of drug-likeness (QED) is 0.790. The van der Waals surface area contributed by atoms with Gasteiger partial charge in [0.05, 0.1) is 5.60 Å². The molecule has 0 radical (unpaired) electrons. The van der Waals surface area contributed by atoms with Crippen LogP contribution in [0.4, 0.5) is 0 Å². The summed E-state index contributed by atoms with van der Waals surface area (Å²) in [7, 11) is 0. The third kappa shape index (κ3) is 1.52. The van der Waals surface area contributed by atoms with Crippen LogP contribution in [0.25, 0.3) is 0 Å². The van der Waals surface area contributed by atoms with Gasteiger partial charge in [-0.25, -0.2) is 0 Å². The smallest absolute Gasteiger partial charge is 0.231 e. The molecule has 4 rings (SSSR count). The molecule has 2 N–H and O–H groups in total. The summed E-state index contributed by atoms with van der Waals surface area (Å²) in [5.41, 5.74) is 0.253. The molecule has 2 bridgehead atoms. The maximum absolute atomic E-state index is 10.9. The lowest BCUT2D eigenvalue weighted by molar-refractivity contribution is -0.0116. The van der Waals surface area contributed by atoms with E-state index >= 15 is 0 Å². The fourth-order valence-electron chi connectivity index (χ4n) is 3.54. The van der Waals surface area contributed by atoms with Gasteiger partial charge < -0.3 is 19.9 Å². The van der Waals surface area contributed by atoms with Crippen molar-refractivity contribution >= 4 is 0 Å². The monoisotopic (exact) mass is 247 g/mol. The molecule has 1 unspecified atom stereocenters. The van der Waals surface area contributed by atoms with E-state index < -0.39 is 5.60 Å². The van der Waals surface area contributed by atoms with Gasteiger partial charge in [-0.3, -0.25) is 0 Å². The third-order valence-electron chi connectivity index (χ3n) is 4.41. The van der Waals surface area contributed by atoms with E-state index in [2.05, 4.69) is 5.32 Å². The molecule has 96 valence electrons. The standard InChI is InChI=1S/C14H17NO3/c16-14(6-10-2-3-11(7-14)15-10)9-1-4-12-13(5-9)18-8-17-12/h1,4-5,10-11,15-16H,2-3,6-8H2/t10-,11+,14?. The lowest BCUT2D eigenvalue weighted by atomic mass is 9.81. The van der Waals surface area contributed by atoms with Crippen LogP contribution in [0.2, 0.25) is 0 Å². The van der Waals surface area contributed by atoms with Crippen LogP contribution < -0.4 is 14.8 Å². The molecule has 0 aliphatic carbocycles. The summed E-state index contributed by atoms with van der Waals surface area (Å²) in [6.45, 7) is 0.282. The first-order valence-corrected chi connectivity index (χ1v) is 6.61. The number of piperidine rings is 1. The summed E-state index contributed by atoms with van der Waals surface area (Å²) in [5.74, 6) is 1.53. The maximum atomic E-state index is 10.9. The van der Waals surface area contributed by atoms with Gasteiger partial charge in [-0.1, -0.05) is 6.07 Å². The molecule has 0 amide bonds. The number of hydrogen-bond donors (Lipinski definition) is 2. The van der Waals surface area contributed by atoms with Crippen LogP contribution in [0.15, 0.2) is 18.2 Å². The molecular formula is C14H17NO3. The van der Waals surface area contributed by atoms with Gasteiger partial charge in [0.25, 0.3) is 0 Å². The summed E-state index contributed by atoms with van der Waals surface area (Å²) >= 11 is 0. The highest BCUT2D eigenvalue weighted by atomic mass is 16.7. The van der Waals surface area contributed by atoms with E-state index in [0.717, 1.165) is 29.9 Å². The predicted molar refractivity (Wildman–Crippen MR) is 65.6 cm³/mol. The normalized spacial score (nSPS) is 36.9. The van der Waals surface area contributed by atoms with E-state index in [1.54, 1.807) is 0 Å². The number of aliphatic hydroxyl groups is 1. The van der Waals surface area contributed by atoms with Crippen LogP contribution in [0.5, 0.6) is 11.5 Å². The van der Waals surface area contributed by atoms with Crippen LogP contribution in [0.3, 0.4) is 0 Å². The summed E-state index contributed by atoms with van der Waals surface area (Å²) in [6, 6.07) is 6.73. The molecule has 4 heteroatoms. The van der Waals surface area contributed by atoms with E-state index in [-0.39, 0.29) is 6.79 Å². The number of ether oxygens (including phenoxy) is 2. The molecule has 2 fully saturated rings. The summed E-state index contributed by atoms with van der Waals surface area (Å²) in [6.07, 6.45) is 3.95. The Bertz CT molecular complexity index is 476. The number of nitrogens with one attached hydrogen (secondary N) is 1. The molecule has 1 aromatic carbocycles. The van der Waals surface area contributed by atoms with Gasteiger partial charge >= 0.3 is 0 Å². The molecular weight excluding hydrogens is 230 g/mol. The number of hydrogen-bond acceptors (Lipinski definition) is 4. The minimum atomic E-state index is -0.710. The van der Waals surface area contributed by atoms with Gasteiger partial charge in [0.1, 0.15) is 0 Å². The Morgan fingerprint density at radius 1 is 1.11 bits per heavy atom. The number of rotatable bonds is 1. The number of fused-ring (bicyclic) bond motifs is 3. The Morgan fingerprint density at radius 3 is 2.61 bits per heavy atom. The molecule has 0 saturated carbocycles. The van der Waals surface area contributed by atoms with Crippen molar-refractivity contribution in [2.24, 2.45) is 0 Å². The van der Waals surface area contributed by atoms with Crippen LogP contribution in [0, 0.1) is 0 Å². The first kappa shape index (κ1) is 10.6. The van der Waals surface area contributed by atoms with E-state index in [4.69, 9.17) is 9.47 Å². The van der Waals surface area contributed by atoms with Crippen molar-refractivity contribution in [3.8, 4) is 11.5 Å². The fourth-order valence-corrected chi connectivity index (χ4v) is 3.54. The molecule has 1 aromatic rings. The van der Waals surface area contributed by atoms with Crippen molar-refractivity contribution in [2.45, 2.75) is 43.4 Å². The highest BCUT2D eigenvalue weighted by molar-refractivity contribution is 5.46. The zero-order valence-electron chi connectivity index (χ0n) is 10.2. The maximum Gasteiger partial charge on any atom is 0.231 e. The van der Waals surface area contributed by atoms with Crippen molar-refractivity contribution in [3.05, 3.63) is 23.8 Å². The van der Waals surface area contributed by atoms with Crippen molar-refractivity contribution in [1.29, 1.82) is 0 Å². The first-order valence-electron chi connectivity index (χ1n) is 6.61. The Balaban J connectivity index is 1.69. The van der Waals surface area contributed by atoms with E-state index in [9.17, 15) is 5.11 Å². The van der Waals surface area contributed by atoms with E-state index in [1.807, 2.05) is 18.2 Å². The minimum Gasteiger partial charge on any atom is -0.454 e. The van der Waals surface area contributed by atoms with Gasteiger partial charge in [-0.2, -0.15) is 0 Å². The van der Waals surface area contributed by atoms with Gasteiger partial charge in [0, 0.05) is 12.1 Å². The minimum absolute atomic E-state index is 0.282. The molecule has 0 aromatic heterocycles. The van der Waals surface area contributed by atoms with Gasteiger partial charge in [0.15, 0.2) is 11.5 Å². The van der Waals surface area contributed by atoms with Crippen LogP contribution >= 0.6 is 0 Å². The zero-order chi connectivity index (χ0) is 12.2. The second-order valence-corrected chi connectivity index (χ2v) is 5.65. The summed E-state index contributed by atoms with van der Waals surface area (Å²) in [4.78, 5) is 0. The Morgan fingerprint density at radius 2 is 1.83 bits per heavy atom. The van der Waals surface area contributed by atoms with E-state index in [1.165, 1.54) is 12.8 Å². The lowest BCUT2D eigenvalue weighted by Gasteiger charge is -2.37.